The summed E-state index contributed by atoms with van der Waals surface area (Å²) in [7, 11) is 0. The first-order chi connectivity index (χ1) is 40.9. The summed E-state index contributed by atoms with van der Waals surface area (Å²) in [4.78, 5) is 80.7. The predicted molar refractivity (Wildman–Crippen MR) is 331 cm³/mol. The molecule has 14 heteroatoms. The molecule has 0 N–H and O–H groups in total. The van der Waals surface area contributed by atoms with Crippen molar-refractivity contribution in [1.29, 1.82) is 0 Å². The SMILES string of the molecule is C=CC(=O)CCCCCCCOc1ccc(OC(=O)C2CCC(C(=O)Cc3ccc(CC(=O)C4CCC(OOc5ccc(OCCCCCCOC(=O)C=C)cc5)CC4)cc3/C=N/N(CCCCCC)/C(C)=N/c3ccccc3C)CC2)cc1. The lowest BCUT2D eigenvalue weighted by Gasteiger charge is -2.27. The number of hydrogen-bond acceptors (Lipinski definition) is 13. The molecule has 2 fully saturated rings. The van der Waals surface area contributed by atoms with E-state index in [1.165, 1.54) is 12.2 Å². The highest BCUT2D eigenvalue weighted by Gasteiger charge is 2.32. The summed E-state index contributed by atoms with van der Waals surface area (Å²) in [6.45, 7) is 15.4. The van der Waals surface area contributed by atoms with E-state index in [4.69, 9.17) is 38.8 Å². The number of unbranched alkanes of at least 4 members (excludes halogenated alkanes) is 10. The summed E-state index contributed by atoms with van der Waals surface area (Å²) >= 11 is 0. The van der Waals surface area contributed by atoms with Crippen molar-refractivity contribution in [2.75, 3.05) is 26.4 Å². The van der Waals surface area contributed by atoms with Crippen LogP contribution in [0.2, 0.25) is 0 Å². The number of rotatable bonds is 38. The highest BCUT2D eigenvalue weighted by atomic mass is 17.2. The number of para-hydroxylation sites is 1. The van der Waals surface area contributed by atoms with Crippen LogP contribution in [0.15, 0.2) is 126 Å². The number of ether oxygens (including phenoxy) is 4. The molecule has 84 heavy (non-hydrogen) atoms. The van der Waals surface area contributed by atoms with E-state index >= 15 is 0 Å². The first-order valence-electron chi connectivity index (χ1n) is 31.0. The molecule has 4 aromatic rings. The zero-order valence-corrected chi connectivity index (χ0v) is 50.2. The first-order valence-corrected chi connectivity index (χ1v) is 31.0. The van der Waals surface area contributed by atoms with E-state index in [0.29, 0.717) is 101 Å². The van der Waals surface area contributed by atoms with Crippen molar-refractivity contribution in [3.8, 4) is 23.0 Å². The topological polar surface area (TPSA) is 169 Å². The van der Waals surface area contributed by atoms with Gasteiger partial charge in [-0.15, -0.1) is 0 Å². The maximum atomic E-state index is 14.2. The molecule has 0 radical (unpaired) electrons. The third kappa shape index (κ3) is 23.8. The lowest BCUT2D eigenvalue weighted by molar-refractivity contribution is -0.252. The summed E-state index contributed by atoms with van der Waals surface area (Å²) in [6, 6.07) is 28.5. The molecule has 0 aliphatic heterocycles. The Hall–Kier alpha value is -7.19. The minimum absolute atomic E-state index is 0.0970. The molecule has 2 aliphatic rings. The smallest absolute Gasteiger partial charge is 0.330 e. The number of aliphatic imine (C=N–C) groups is 1. The van der Waals surface area contributed by atoms with Crippen LogP contribution in [0.4, 0.5) is 5.69 Å². The molecule has 2 aliphatic carbocycles. The summed E-state index contributed by atoms with van der Waals surface area (Å²) < 4.78 is 22.6. The minimum Gasteiger partial charge on any atom is -0.494 e. The second-order valence-corrected chi connectivity index (χ2v) is 22.4. The molecule has 2 saturated carbocycles. The van der Waals surface area contributed by atoms with Crippen molar-refractivity contribution in [2.45, 2.75) is 181 Å². The fourth-order valence-corrected chi connectivity index (χ4v) is 10.6. The molecule has 0 aromatic heterocycles. The Balaban J connectivity index is 1.01. The Labute approximate surface area is 499 Å². The number of hydrazone groups is 1. The van der Waals surface area contributed by atoms with Gasteiger partial charge in [-0.05, 0) is 199 Å². The molecule has 0 heterocycles. The Kier molecular flexibility index (Phi) is 29.2. The molecule has 0 bridgehead atoms. The molecule has 0 atom stereocenters. The van der Waals surface area contributed by atoms with Crippen molar-refractivity contribution in [1.82, 2.24) is 5.01 Å². The van der Waals surface area contributed by atoms with Gasteiger partial charge in [0.2, 0.25) is 0 Å². The van der Waals surface area contributed by atoms with Crippen molar-refractivity contribution >= 4 is 47.0 Å². The van der Waals surface area contributed by atoms with Gasteiger partial charge in [-0.1, -0.05) is 88.9 Å². The third-order valence-electron chi connectivity index (χ3n) is 15.9. The summed E-state index contributed by atoms with van der Waals surface area (Å²) in [5.41, 5.74) is 4.46. The van der Waals surface area contributed by atoms with E-state index in [0.717, 1.165) is 123 Å². The molecular formula is C70H91N3O11. The second-order valence-electron chi connectivity index (χ2n) is 22.4. The predicted octanol–water partition coefficient (Wildman–Crippen LogP) is 15.3. The molecule has 0 unspecified atom stereocenters. The quantitative estimate of drug-likeness (QED) is 0.00609. The van der Waals surface area contributed by atoms with Gasteiger partial charge in [-0.3, -0.25) is 24.2 Å². The van der Waals surface area contributed by atoms with E-state index in [1.807, 2.05) is 104 Å². The van der Waals surface area contributed by atoms with E-state index in [-0.39, 0.29) is 60.0 Å². The average molecular weight is 1150 g/mol. The number of nitrogens with zero attached hydrogens (tertiary/aromatic N) is 3. The van der Waals surface area contributed by atoms with Gasteiger partial charge in [0.1, 0.15) is 40.8 Å². The number of esters is 2. The maximum absolute atomic E-state index is 14.2. The highest BCUT2D eigenvalue weighted by Crippen LogP contribution is 2.33. The van der Waals surface area contributed by atoms with Gasteiger partial charge in [0.05, 0.1) is 37.6 Å². The molecule has 0 saturated heterocycles. The summed E-state index contributed by atoms with van der Waals surface area (Å²) in [5, 5.41) is 7.01. The van der Waals surface area contributed by atoms with Crippen molar-refractivity contribution in [3.63, 3.8) is 0 Å². The van der Waals surface area contributed by atoms with E-state index in [2.05, 4.69) is 20.1 Å². The van der Waals surface area contributed by atoms with E-state index in [1.54, 1.807) is 12.1 Å². The van der Waals surface area contributed by atoms with Gasteiger partial charge in [0.15, 0.2) is 11.5 Å². The Morgan fingerprint density at radius 1 is 0.607 bits per heavy atom. The van der Waals surface area contributed by atoms with Crippen LogP contribution in [0, 0.1) is 24.7 Å². The van der Waals surface area contributed by atoms with Gasteiger partial charge >= 0.3 is 11.9 Å². The fraction of sp³-hybridized carbons (Fsp3) is 0.500. The standard InChI is InChI=1S/C70H91N3O11/c1-6-9-10-19-44-73(53(5)72-66-25-18-17-23-52(66)4)71-51-59-48-54(49-67(75)56-32-34-64(35-33-56)83-84-65-42-38-62(39-43-65)80-46-21-14-15-22-47-81-69(77)8-3)26-27-58(59)50-68(76)55-28-30-57(31-29-55)70(78)82-63-40-36-61(37-41-63)79-45-20-13-11-12-16-24-60(74)7-2/h7-8,17-18,23,25-27,36-43,48,51,55-57,64H,2-3,6,9-16,19-22,24,28-35,44-47,49-50H2,1,4-5H3/b71-51+,72-53+. The number of aryl methyl sites for hydroxylation is 1. The lowest BCUT2D eigenvalue weighted by atomic mass is 9.78. The zero-order valence-electron chi connectivity index (χ0n) is 50.2. The lowest BCUT2D eigenvalue weighted by Crippen LogP contribution is -2.29. The van der Waals surface area contributed by atoms with Crippen LogP contribution in [-0.4, -0.2) is 78.8 Å². The van der Waals surface area contributed by atoms with Gasteiger partial charge in [-0.2, -0.15) is 9.99 Å². The van der Waals surface area contributed by atoms with Crippen molar-refractivity contribution in [3.05, 3.63) is 139 Å². The van der Waals surface area contributed by atoms with Gasteiger partial charge < -0.3 is 23.8 Å². The van der Waals surface area contributed by atoms with Crippen LogP contribution in [-0.2, 0) is 46.4 Å². The highest BCUT2D eigenvalue weighted by molar-refractivity contribution is 5.91. The number of ketones is 3. The van der Waals surface area contributed by atoms with Crippen LogP contribution < -0.4 is 19.1 Å². The van der Waals surface area contributed by atoms with E-state index in [9.17, 15) is 24.0 Å². The Bertz CT molecular complexity index is 2750. The normalized spacial score (nSPS) is 17.0. The van der Waals surface area contributed by atoms with Crippen LogP contribution in [0.1, 0.15) is 177 Å². The number of carbonyl (C=O) groups is 5. The molecule has 6 rings (SSSR count). The molecule has 4 aromatic carbocycles. The van der Waals surface area contributed by atoms with Gasteiger partial charge in [0, 0.05) is 43.7 Å². The first kappa shape index (κ1) is 66.0. The average Bonchev–Trinajstić information content (AvgIpc) is 3.72. The molecule has 452 valence electrons. The number of amidine groups is 1. The molecule has 0 spiro atoms. The number of allylic oxidation sites excluding steroid dienone is 1. The number of carbonyl (C=O) groups excluding carboxylic acids is 5. The van der Waals surface area contributed by atoms with Crippen molar-refractivity contribution in [2.24, 2.45) is 27.8 Å². The van der Waals surface area contributed by atoms with Gasteiger partial charge in [0.25, 0.3) is 0 Å². The summed E-state index contributed by atoms with van der Waals surface area (Å²) in [5.74, 6) is 2.40. The summed E-state index contributed by atoms with van der Waals surface area (Å²) in [6.07, 6.45) is 23.2. The van der Waals surface area contributed by atoms with Crippen LogP contribution >= 0.6 is 0 Å². The zero-order chi connectivity index (χ0) is 59.7. The monoisotopic (exact) mass is 1150 g/mol. The van der Waals surface area contributed by atoms with Crippen LogP contribution in [0.5, 0.6) is 23.0 Å². The Morgan fingerprint density at radius 3 is 1.82 bits per heavy atom. The second kappa shape index (κ2) is 37.2. The van der Waals surface area contributed by atoms with Crippen LogP contribution in [0.25, 0.3) is 0 Å². The fourth-order valence-electron chi connectivity index (χ4n) is 10.6. The minimum atomic E-state index is -0.392. The van der Waals surface area contributed by atoms with Crippen molar-refractivity contribution < 1.29 is 52.7 Å². The number of hydrogen-bond donors (Lipinski definition) is 0. The number of Topliss-reactive ketones (excluding diaryl/α,β-unsaturated/α-hetero) is 2. The largest absolute Gasteiger partial charge is 0.494 e. The van der Waals surface area contributed by atoms with Gasteiger partial charge in [-0.25, -0.2) is 9.79 Å². The maximum Gasteiger partial charge on any atom is 0.330 e. The molecule has 14 nitrogen and oxygen atoms in total. The number of benzene rings is 4. The van der Waals surface area contributed by atoms with Crippen LogP contribution in [0.3, 0.4) is 0 Å². The molecule has 0 amide bonds. The third-order valence-corrected chi connectivity index (χ3v) is 15.9. The van der Waals surface area contributed by atoms with E-state index < -0.39 is 5.97 Å². The Morgan fingerprint density at radius 2 is 1.18 bits per heavy atom. The molecular weight excluding hydrogens is 1060 g/mol.